The quantitative estimate of drug-likeness (QED) is 0.549. The van der Waals surface area contributed by atoms with E-state index in [1.807, 2.05) is 0 Å². The molecular weight excluding hydrogens is 479 g/mol. The highest BCUT2D eigenvalue weighted by atomic mass is 79.9. The van der Waals surface area contributed by atoms with Crippen LogP contribution in [0.4, 0.5) is 18.9 Å². The number of benzene rings is 2. The summed E-state index contributed by atoms with van der Waals surface area (Å²) in [5.41, 5.74) is 6.52. The first-order valence-corrected chi connectivity index (χ1v) is 10.1. The van der Waals surface area contributed by atoms with Crippen molar-refractivity contribution in [2.24, 2.45) is 5.73 Å². The van der Waals surface area contributed by atoms with Crippen molar-refractivity contribution in [3.05, 3.63) is 63.3 Å². The van der Waals surface area contributed by atoms with Gasteiger partial charge in [0.25, 0.3) is 5.91 Å². The standard InChI is InChI=1S/C21H21BrF3N3O3/c1-30-13-7-11(8-14(10-13)31-2)18(26)15-5-6-27-19(15)20(29)28-17-9-12(22)3-4-16(17)21(23,24)25/h3-4,7-10,18,27H,5-6,26H2,1-2H3,(H,28,29). The first-order chi connectivity index (χ1) is 14.6. The molecule has 6 nitrogen and oxygen atoms in total. The van der Waals surface area contributed by atoms with Crippen LogP contribution in [0.1, 0.15) is 23.6 Å². The molecule has 0 radical (unpaired) electrons. The third-order valence-electron chi connectivity index (χ3n) is 4.89. The zero-order valence-electron chi connectivity index (χ0n) is 16.8. The van der Waals surface area contributed by atoms with Crippen molar-refractivity contribution in [3.8, 4) is 11.5 Å². The van der Waals surface area contributed by atoms with E-state index in [0.717, 1.165) is 6.07 Å². The number of nitrogens with one attached hydrogen (secondary N) is 2. The van der Waals surface area contributed by atoms with Crippen molar-refractivity contribution >= 4 is 27.5 Å². The Bertz CT molecular complexity index is 1000. The number of halogens is 4. The average Bonchev–Trinajstić information content (AvgIpc) is 3.22. The number of methoxy groups -OCH3 is 2. The molecule has 0 saturated carbocycles. The molecule has 1 aliphatic heterocycles. The van der Waals surface area contributed by atoms with Crippen LogP contribution in [0.25, 0.3) is 0 Å². The number of anilines is 1. The third kappa shape index (κ3) is 5.13. The van der Waals surface area contributed by atoms with Gasteiger partial charge >= 0.3 is 6.18 Å². The van der Waals surface area contributed by atoms with E-state index in [1.54, 1.807) is 18.2 Å². The first-order valence-electron chi connectivity index (χ1n) is 9.27. The van der Waals surface area contributed by atoms with Crippen LogP contribution in [0.2, 0.25) is 0 Å². The highest BCUT2D eigenvalue weighted by Crippen LogP contribution is 2.37. The van der Waals surface area contributed by atoms with Gasteiger partial charge < -0.3 is 25.8 Å². The summed E-state index contributed by atoms with van der Waals surface area (Å²) in [6.45, 7) is 0.442. The van der Waals surface area contributed by atoms with Gasteiger partial charge in [-0.1, -0.05) is 15.9 Å². The molecule has 1 heterocycles. The zero-order valence-corrected chi connectivity index (χ0v) is 18.4. The number of carbonyl (C=O) groups excluding carboxylic acids is 1. The van der Waals surface area contributed by atoms with Crippen molar-refractivity contribution in [2.45, 2.75) is 18.6 Å². The minimum Gasteiger partial charge on any atom is -0.497 e. The fraction of sp³-hybridized carbons (Fsp3) is 0.286. The highest BCUT2D eigenvalue weighted by Gasteiger charge is 2.35. The summed E-state index contributed by atoms with van der Waals surface area (Å²) in [5, 5.41) is 5.31. The number of hydrogen-bond donors (Lipinski definition) is 3. The Hall–Kier alpha value is -2.72. The van der Waals surface area contributed by atoms with Crippen LogP contribution in [-0.4, -0.2) is 26.7 Å². The molecule has 1 atom stereocenters. The molecule has 10 heteroatoms. The Balaban J connectivity index is 1.94. The van der Waals surface area contributed by atoms with Crippen molar-refractivity contribution < 1.29 is 27.4 Å². The summed E-state index contributed by atoms with van der Waals surface area (Å²) in [6.07, 6.45) is -4.15. The van der Waals surface area contributed by atoms with Gasteiger partial charge in [0.05, 0.1) is 31.5 Å². The van der Waals surface area contributed by atoms with Crippen LogP contribution in [0.3, 0.4) is 0 Å². The minimum atomic E-state index is -4.61. The van der Waals surface area contributed by atoms with Crippen LogP contribution < -0.4 is 25.8 Å². The molecular formula is C21H21BrF3N3O3. The summed E-state index contributed by atoms with van der Waals surface area (Å²) in [4.78, 5) is 12.9. The van der Waals surface area contributed by atoms with E-state index in [-0.39, 0.29) is 11.4 Å². The largest absolute Gasteiger partial charge is 0.497 e. The van der Waals surface area contributed by atoms with Crippen molar-refractivity contribution in [1.29, 1.82) is 0 Å². The van der Waals surface area contributed by atoms with E-state index >= 15 is 0 Å². The molecule has 0 saturated heterocycles. The Morgan fingerprint density at radius 2 is 1.81 bits per heavy atom. The van der Waals surface area contributed by atoms with E-state index in [1.165, 1.54) is 26.4 Å². The van der Waals surface area contributed by atoms with Crippen LogP contribution in [-0.2, 0) is 11.0 Å². The monoisotopic (exact) mass is 499 g/mol. The number of rotatable bonds is 6. The topological polar surface area (TPSA) is 85.6 Å². The third-order valence-corrected chi connectivity index (χ3v) is 5.38. The predicted molar refractivity (Wildman–Crippen MR) is 114 cm³/mol. The van der Waals surface area contributed by atoms with Crippen LogP contribution >= 0.6 is 15.9 Å². The normalized spacial score (nSPS) is 14.8. The number of ether oxygens (including phenoxy) is 2. The summed E-state index contributed by atoms with van der Waals surface area (Å²) < 4.78 is 50.9. The maximum Gasteiger partial charge on any atom is 0.418 e. The molecule has 1 aliphatic rings. The highest BCUT2D eigenvalue weighted by molar-refractivity contribution is 9.10. The van der Waals surface area contributed by atoms with E-state index in [4.69, 9.17) is 15.2 Å². The molecule has 0 spiro atoms. The lowest BCUT2D eigenvalue weighted by Gasteiger charge is -2.18. The average molecular weight is 500 g/mol. The molecule has 1 unspecified atom stereocenters. The van der Waals surface area contributed by atoms with Crippen LogP contribution in [0.5, 0.6) is 11.5 Å². The zero-order chi connectivity index (χ0) is 22.8. The van der Waals surface area contributed by atoms with Crippen molar-refractivity contribution in [1.82, 2.24) is 5.32 Å². The van der Waals surface area contributed by atoms with Crippen LogP contribution in [0, 0.1) is 0 Å². The predicted octanol–water partition coefficient (Wildman–Crippen LogP) is 4.37. The first kappa shape index (κ1) is 23.0. The number of amides is 1. The van der Waals surface area contributed by atoms with Gasteiger partial charge in [0.1, 0.15) is 17.2 Å². The fourth-order valence-corrected chi connectivity index (χ4v) is 3.72. The molecule has 0 aliphatic carbocycles. The molecule has 1 amide bonds. The van der Waals surface area contributed by atoms with E-state index in [2.05, 4.69) is 26.6 Å². The lowest BCUT2D eigenvalue weighted by molar-refractivity contribution is -0.137. The van der Waals surface area contributed by atoms with Gasteiger partial charge in [0.2, 0.25) is 0 Å². The lowest BCUT2D eigenvalue weighted by Crippen LogP contribution is -2.26. The summed E-state index contributed by atoms with van der Waals surface area (Å²) in [5.74, 6) is 0.374. The van der Waals surface area contributed by atoms with Gasteiger partial charge in [-0.15, -0.1) is 0 Å². The van der Waals surface area contributed by atoms with Gasteiger partial charge in [-0.3, -0.25) is 4.79 Å². The van der Waals surface area contributed by atoms with Gasteiger partial charge in [-0.05, 0) is 47.9 Å². The van der Waals surface area contributed by atoms with Gasteiger partial charge in [-0.25, -0.2) is 0 Å². The molecule has 166 valence electrons. The summed E-state index contributed by atoms with van der Waals surface area (Å²) in [6, 6.07) is 7.85. The van der Waals surface area contributed by atoms with E-state index in [9.17, 15) is 18.0 Å². The number of nitrogens with two attached hydrogens (primary N) is 1. The minimum absolute atomic E-state index is 0.155. The van der Waals surface area contributed by atoms with Crippen molar-refractivity contribution in [3.63, 3.8) is 0 Å². The molecule has 2 aromatic rings. The lowest BCUT2D eigenvalue weighted by atomic mass is 9.96. The maximum atomic E-state index is 13.3. The second kappa shape index (κ2) is 9.19. The SMILES string of the molecule is COc1cc(OC)cc(C(N)C2=C(C(=O)Nc3cc(Br)ccc3C(F)(F)F)NCC2)c1. The van der Waals surface area contributed by atoms with Gasteiger partial charge in [0.15, 0.2) is 0 Å². The molecule has 0 fully saturated rings. The van der Waals surface area contributed by atoms with Gasteiger partial charge in [0, 0.05) is 17.1 Å². The summed E-state index contributed by atoms with van der Waals surface area (Å²) >= 11 is 3.14. The molecule has 2 aromatic carbocycles. The van der Waals surface area contributed by atoms with E-state index < -0.39 is 23.7 Å². The Kier molecular flexibility index (Phi) is 6.80. The molecule has 4 N–H and O–H groups in total. The Morgan fingerprint density at radius 1 is 1.16 bits per heavy atom. The molecule has 0 bridgehead atoms. The van der Waals surface area contributed by atoms with E-state index in [0.29, 0.717) is 40.1 Å². The number of alkyl halides is 3. The van der Waals surface area contributed by atoms with Crippen molar-refractivity contribution in [2.75, 3.05) is 26.1 Å². The fourth-order valence-electron chi connectivity index (χ4n) is 3.36. The molecule has 31 heavy (non-hydrogen) atoms. The van der Waals surface area contributed by atoms with Crippen LogP contribution in [0.15, 0.2) is 52.1 Å². The second-order valence-corrected chi connectivity index (χ2v) is 7.76. The smallest absolute Gasteiger partial charge is 0.418 e. The maximum absolute atomic E-state index is 13.3. The van der Waals surface area contributed by atoms with Gasteiger partial charge in [-0.2, -0.15) is 13.2 Å². The Morgan fingerprint density at radius 3 is 2.39 bits per heavy atom. The molecule has 0 aromatic heterocycles. The number of hydrogen-bond acceptors (Lipinski definition) is 5. The Labute approximate surface area is 185 Å². The molecule has 3 rings (SSSR count). The number of carbonyl (C=O) groups is 1. The summed E-state index contributed by atoms with van der Waals surface area (Å²) in [7, 11) is 3.02. The second-order valence-electron chi connectivity index (χ2n) is 6.84.